The van der Waals surface area contributed by atoms with Crippen molar-refractivity contribution in [2.24, 2.45) is 5.92 Å². The van der Waals surface area contributed by atoms with Gasteiger partial charge in [-0.15, -0.1) is 0 Å². The molecule has 2 atom stereocenters. The summed E-state index contributed by atoms with van der Waals surface area (Å²) in [5.74, 6) is -0.424. The molecule has 0 aromatic heterocycles. The van der Waals surface area contributed by atoms with E-state index in [1.54, 1.807) is 9.80 Å². The van der Waals surface area contributed by atoms with Crippen molar-refractivity contribution in [3.05, 3.63) is 70.8 Å². The van der Waals surface area contributed by atoms with Crippen LogP contribution in [-0.2, 0) is 32.4 Å². The predicted molar refractivity (Wildman–Crippen MR) is 128 cm³/mol. The highest BCUT2D eigenvalue weighted by molar-refractivity contribution is 7.91. The first-order chi connectivity index (χ1) is 15.7. The Morgan fingerprint density at radius 3 is 2.18 bits per heavy atom. The van der Waals surface area contributed by atoms with Crippen molar-refractivity contribution in [2.45, 2.75) is 45.7 Å². The fourth-order valence-electron chi connectivity index (χ4n) is 4.71. The van der Waals surface area contributed by atoms with E-state index < -0.39 is 15.8 Å². The number of hydrogen-bond acceptors (Lipinski definition) is 4. The lowest BCUT2D eigenvalue weighted by atomic mass is 10.0. The lowest BCUT2D eigenvalue weighted by molar-refractivity contribution is -0.138. The Morgan fingerprint density at radius 2 is 1.61 bits per heavy atom. The molecule has 0 N–H and O–H groups in total. The minimum atomic E-state index is -3.13. The quantitative estimate of drug-likeness (QED) is 0.626. The molecule has 7 heteroatoms. The largest absolute Gasteiger partial charge is 0.342 e. The van der Waals surface area contributed by atoms with E-state index in [0.29, 0.717) is 26.1 Å². The number of carbonyl (C=O) groups excluding carboxylic acids is 2. The number of aryl methyl sites for hydroxylation is 2. The van der Waals surface area contributed by atoms with E-state index in [4.69, 9.17) is 0 Å². The van der Waals surface area contributed by atoms with Crippen LogP contribution in [0.5, 0.6) is 0 Å². The van der Waals surface area contributed by atoms with E-state index in [1.165, 1.54) is 11.1 Å². The summed E-state index contributed by atoms with van der Waals surface area (Å²) < 4.78 is 24.3. The first-order valence-corrected chi connectivity index (χ1v) is 13.4. The second-order valence-electron chi connectivity index (χ2n) is 9.48. The van der Waals surface area contributed by atoms with Crippen LogP contribution in [0.15, 0.2) is 48.5 Å². The van der Waals surface area contributed by atoms with E-state index in [0.717, 1.165) is 17.5 Å². The van der Waals surface area contributed by atoms with Crippen molar-refractivity contribution in [2.75, 3.05) is 24.6 Å². The van der Waals surface area contributed by atoms with Gasteiger partial charge in [0.25, 0.3) is 0 Å². The fraction of sp³-hybridized carbons (Fsp3) is 0.462. The SMILES string of the molecule is Cc1ccc(CCN2CC(C(=O)N(Cc3ccc(C)cc3)C3CCS(=O)(=O)C3)CC2=O)cc1. The van der Waals surface area contributed by atoms with Crippen molar-refractivity contribution in [3.63, 3.8) is 0 Å². The first kappa shape index (κ1) is 23.5. The highest BCUT2D eigenvalue weighted by Gasteiger charge is 2.41. The van der Waals surface area contributed by atoms with Crippen molar-refractivity contribution < 1.29 is 18.0 Å². The lowest BCUT2D eigenvalue weighted by Crippen LogP contribution is -2.44. The molecule has 4 rings (SSSR count). The summed E-state index contributed by atoms with van der Waals surface area (Å²) in [6.45, 7) is 5.40. The molecule has 2 aliphatic rings. The minimum absolute atomic E-state index is 0.00239. The first-order valence-electron chi connectivity index (χ1n) is 11.6. The van der Waals surface area contributed by atoms with Crippen LogP contribution < -0.4 is 0 Å². The molecule has 0 radical (unpaired) electrons. The molecule has 2 saturated heterocycles. The Kier molecular flexibility index (Phi) is 6.88. The van der Waals surface area contributed by atoms with Gasteiger partial charge in [-0.3, -0.25) is 9.59 Å². The summed E-state index contributed by atoms with van der Waals surface area (Å²) in [7, 11) is -3.13. The Labute approximate surface area is 196 Å². The molecule has 2 aliphatic heterocycles. The molecule has 6 nitrogen and oxygen atoms in total. The summed E-state index contributed by atoms with van der Waals surface area (Å²) in [5, 5.41) is 0. The number of amides is 2. The zero-order valence-corrected chi connectivity index (χ0v) is 20.2. The molecule has 0 saturated carbocycles. The van der Waals surface area contributed by atoms with E-state index >= 15 is 0 Å². The third-order valence-corrected chi connectivity index (χ3v) is 8.51. The van der Waals surface area contributed by atoms with Gasteiger partial charge in [0.15, 0.2) is 9.84 Å². The third kappa shape index (κ3) is 5.82. The maximum atomic E-state index is 13.6. The normalized spacial score (nSPS) is 22.0. The van der Waals surface area contributed by atoms with E-state index in [1.807, 2.05) is 38.1 Å². The zero-order chi connectivity index (χ0) is 23.6. The van der Waals surface area contributed by atoms with Crippen LogP contribution >= 0.6 is 0 Å². The van der Waals surface area contributed by atoms with E-state index in [9.17, 15) is 18.0 Å². The third-order valence-electron chi connectivity index (χ3n) is 6.76. The van der Waals surface area contributed by atoms with Crippen LogP contribution in [-0.4, -0.2) is 60.7 Å². The minimum Gasteiger partial charge on any atom is -0.342 e. The summed E-state index contributed by atoms with van der Waals surface area (Å²) >= 11 is 0. The van der Waals surface area contributed by atoms with E-state index in [2.05, 4.69) is 24.3 Å². The Balaban J connectivity index is 1.45. The summed E-state index contributed by atoms with van der Waals surface area (Å²) in [4.78, 5) is 29.7. The number of rotatable bonds is 7. The van der Waals surface area contributed by atoms with Gasteiger partial charge in [0.2, 0.25) is 11.8 Å². The number of likely N-dealkylation sites (tertiary alicyclic amines) is 1. The molecule has 0 aliphatic carbocycles. The number of sulfone groups is 1. The highest BCUT2D eigenvalue weighted by atomic mass is 32.2. The molecule has 33 heavy (non-hydrogen) atoms. The van der Waals surface area contributed by atoms with Crippen LogP contribution in [0.4, 0.5) is 0 Å². The molecule has 2 heterocycles. The maximum absolute atomic E-state index is 13.6. The predicted octanol–water partition coefficient (Wildman–Crippen LogP) is 2.91. The zero-order valence-electron chi connectivity index (χ0n) is 19.4. The van der Waals surface area contributed by atoms with Crippen molar-refractivity contribution in [1.29, 1.82) is 0 Å². The second kappa shape index (κ2) is 9.67. The fourth-order valence-corrected chi connectivity index (χ4v) is 6.44. The molecule has 0 bridgehead atoms. The molecule has 2 unspecified atom stereocenters. The Morgan fingerprint density at radius 1 is 1.00 bits per heavy atom. The Bertz CT molecular complexity index is 1110. The van der Waals surface area contributed by atoms with Crippen molar-refractivity contribution in [1.82, 2.24) is 9.80 Å². The average Bonchev–Trinajstić information content (AvgIpc) is 3.34. The summed E-state index contributed by atoms with van der Waals surface area (Å²) in [6.07, 6.45) is 1.40. The molecule has 2 aromatic rings. The van der Waals surface area contributed by atoms with Crippen molar-refractivity contribution in [3.8, 4) is 0 Å². The van der Waals surface area contributed by atoms with Gasteiger partial charge in [0.1, 0.15) is 0 Å². The molecule has 2 amide bonds. The van der Waals surface area contributed by atoms with Crippen LogP contribution in [0.25, 0.3) is 0 Å². The number of hydrogen-bond donors (Lipinski definition) is 0. The molecule has 0 spiro atoms. The van der Waals surface area contributed by atoms with Gasteiger partial charge in [0.05, 0.1) is 17.4 Å². The summed E-state index contributed by atoms with van der Waals surface area (Å²) in [5.41, 5.74) is 4.47. The molecular formula is C26H32N2O4S. The maximum Gasteiger partial charge on any atom is 0.228 e. The monoisotopic (exact) mass is 468 g/mol. The standard InChI is InChI=1S/C26H32N2O4S/c1-19-3-7-21(8-4-19)11-13-27-17-23(15-25(27)29)26(30)28(24-12-14-33(31,32)18-24)16-22-9-5-20(2)6-10-22/h3-10,23-24H,11-18H2,1-2H3. The van der Waals surface area contributed by atoms with Gasteiger partial charge in [-0.1, -0.05) is 59.7 Å². The van der Waals surface area contributed by atoms with Crippen LogP contribution in [0, 0.1) is 19.8 Å². The molecule has 2 aromatic carbocycles. The topological polar surface area (TPSA) is 74.8 Å². The highest BCUT2D eigenvalue weighted by Crippen LogP contribution is 2.27. The molecule has 2 fully saturated rings. The smallest absolute Gasteiger partial charge is 0.228 e. The lowest BCUT2D eigenvalue weighted by Gasteiger charge is -2.31. The number of carbonyl (C=O) groups is 2. The van der Waals surface area contributed by atoms with Gasteiger partial charge in [-0.2, -0.15) is 0 Å². The second-order valence-corrected chi connectivity index (χ2v) is 11.7. The van der Waals surface area contributed by atoms with Gasteiger partial charge < -0.3 is 9.80 Å². The van der Waals surface area contributed by atoms with Crippen LogP contribution in [0.1, 0.15) is 35.1 Å². The van der Waals surface area contributed by atoms with E-state index in [-0.39, 0.29) is 35.8 Å². The molecular weight excluding hydrogens is 436 g/mol. The number of nitrogens with zero attached hydrogens (tertiary/aromatic N) is 2. The van der Waals surface area contributed by atoms with Crippen LogP contribution in [0.2, 0.25) is 0 Å². The van der Waals surface area contributed by atoms with Gasteiger partial charge in [0, 0.05) is 32.1 Å². The Hall–Kier alpha value is -2.67. The number of benzene rings is 2. The van der Waals surface area contributed by atoms with Gasteiger partial charge in [-0.25, -0.2) is 8.42 Å². The summed E-state index contributed by atoms with van der Waals surface area (Å²) in [6, 6.07) is 15.9. The van der Waals surface area contributed by atoms with Gasteiger partial charge in [-0.05, 0) is 37.8 Å². The van der Waals surface area contributed by atoms with Crippen LogP contribution in [0.3, 0.4) is 0 Å². The average molecular weight is 469 g/mol. The van der Waals surface area contributed by atoms with Gasteiger partial charge >= 0.3 is 0 Å². The molecule has 176 valence electrons. The van der Waals surface area contributed by atoms with Crippen molar-refractivity contribution >= 4 is 21.7 Å².